The normalized spacial score (nSPS) is 16.1. The number of anilines is 1. The summed E-state index contributed by atoms with van der Waals surface area (Å²) < 4.78 is 1.46. The molecule has 98 valence electrons. The lowest BCUT2D eigenvalue weighted by atomic mass is 10.1. The fourth-order valence-electron chi connectivity index (χ4n) is 2.26. The zero-order valence-electron chi connectivity index (χ0n) is 10.4. The van der Waals surface area contributed by atoms with E-state index >= 15 is 0 Å². The molecule has 1 N–H and O–H groups in total. The van der Waals surface area contributed by atoms with Gasteiger partial charge in [-0.2, -0.15) is 0 Å². The molecule has 0 spiro atoms. The predicted molar refractivity (Wildman–Crippen MR) is 67.2 cm³/mol. The minimum absolute atomic E-state index is 0.231. The van der Waals surface area contributed by atoms with E-state index in [2.05, 4.69) is 4.98 Å². The van der Waals surface area contributed by atoms with Gasteiger partial charge in [-0.15, -0.1) is 0 Å². The summed E-state index contributed by atoms with van der Waals surface area (Å²) in [6, 6.07) is 0. The van der Waals surface area contributed by atoms with Crippen LogP contribution in [0, 0.1) is 0 Å². The van der Waals surface area contributed by atoms with Crippen molar-refractivity contribution >= 4 is 17.9 Å². The molecule has 18 heavy (non-hydrogen) atoms. The number of nitrogens with one attached hydrogen (secondary N) is 1. The fraction of sp³-hybridized carbons (Fsp3) is 0.583. The Labute approximate surface area is 105 Å². The van der Waals surface area contributed by atoms with Gasteiger partial charge in [0.1, 0.15) is 17.3 Å². The van der Waals surface area contributed by atoms with E-state index < -0.39 is 0 Å². The number of carbonyl (C=O) groups excluding carboxylic acids is 2. The number of ketones is 1. The third-order valence-electron chi connectivity index (χ3n) is 3.20. The second-order valence-electron chi connectivity index (χ2n) is 4.46. The predicted octanol–water partition coefficient (Wildman–Crippen LogP) is 0.568. The smallest absolute Gasteiger partial charge is 0.327 e. The summed E-state index contributed by atoms with van der Waals surface area (Å²) in [5.74, 6) is 0.783. The minimum Gasteiger partial charge on any atom is -0.355 e. The van der Waals surface area contributed by atoms with Crippen molar-refractivity contribution in [1.29, 1.82) is 0 Å². The van der Waals surface area contributed by atoms with Crippen molar-refractivity contribution in [2.75, 3.05) is 18.0 Å². The first-order valence-electron chi connectivity index (χ1n) is 6.22. The van der Waals surface area contributed by atoms with Gasteiger partial charge in [0.2, 0.25) is 0 Å². The summed E-state index contributed by atoms with van der Waals surface area (Å²) >= 11 is 0. The van der Waals surface area contributed by atoms with Crippen LogP contribution in [0.2, 0.25) is 0 Å². The number of nitrogens with zero attached hydrogens (tertiary/aromatic N) is 2. The van der Waals surface area contributed by atoms with Gasteiger partial charge in [0.15, 0.2) is 6.29 Å². The Bertz CT molecular complexity index is 505. The molecule has 0 amide bonds. The highest BCUT2D eigenvalue weighted by molar-refractivity contribution is 5.84. The largest absolute Gasteiger partial charge is 0.355 e. The van der Waals surface area contributed by atoms with Crippen molar-refractivity contribution < 1.29 is 9.59 Å². The number of aromatic amines is 1. The third-order valence-corrected chi connectivity index (χ3v) is 3.20. The number of aldehydes is 1. The van der Waals surface area contributed by atoms with Gasteiger partial charge in [-0.1, -0.05) is 6.92 Å². The van der Waals surface area contributed by atoms with E-state index in [1.54, 1.807) is 0 Å². The highest BCUT2D eigenvalue weighted by atomic mass is 16.2. The van der Waals surface area contributed by atoms with Crippen molar-refractivity contribution in [3.8, 4) is 0 Å². The summed E-state index contributed by atoms with van der Waals surface area (Å²) in [5, 5.41) is 0. The SMILES string of the molecule is CCCn1c(C=O)c(N2CCC(=O)CC2)[nH]c1=O. The lowest BCUT2D eigenvalue weighted by Gasteiger charge is -2.26. The average Bonchev–Trinajstić information content (AvgIpc) is 2.68. The minimum atomic E-state index is -0.258. The number of hydrogen-bond acceptors (Lipinski definition) is 4. The Hall–Kier alpha value is -1.85. The van der Waals surface area contributed by atoms with Crippen molar-refractivity contribution in [1.82, 2.24) is 9.55 Å². The first-order valence-corrected chi connectivity index (χ1v) is 6.22. The van der Waals surface area contributed by atoms with Crippen LogP contribution in [0.5, 0.6) is 0 Å². The molecule has 0 aliphatic carbocycles. The Kier molecular flexibility index (Phi) is 3.64. The molecule has 0 aromatic carbocycles. The zero-order valence-corrected chi connectivity index (χ0v) is 10.4. The summed E-state index contributed by atoms with van der Waals surface area (Å²) in [4.78, 5) is 38.8. The first-order chi connectivity index (χ1) is 8.67. The van der Waals surface area contributed by atoms with Gasteiger partial charge >= 0.3 is 5.69 Å². The molecular formula is C12H17N3O3. The topological polar surface area (TPSA) is 75.2 Å². The van der Waals surface area contributed by atoms with Gasteiger partial charge in [0.05, 0.1) is 0 Å². The summed E-state index contributed by atoms with van der Waals surface area (Å²) in [5.41, 5.74) is 0.127. The number of H-pyrrole nitrogens is 1. The maximum atomic E-state index is 11.8. The molecule has 1 aliphatic rings. The molecule has 1 fully saturated rings. The number of Topliss-reactive ketones (excluding diaryl/α,β-unsaturated/α-hetero) is 1. The van der Waals surface area contributed by atoms with Crippen molar-refractivity contribution in [3.05, 3.63) is 16.2 Å². The number of rotatable bonds is 4. The first kappa shape index (κ1) is 12.6. The van der Waals surface area contributed by atoms with Crippen LogP contribution in [0.3, 0.4) is 0 Å². The number of hydrogen-bond donors (Lipinski definition) is 1. The lowest BCUT2D eigenvalue weighted by Crippen LogP contribution is -2.34. The molecule has 2 rings (SSSR count). The molecule has 1 saturated heterocycles. The molecule has 0 saturated carbocycles. The highest BCUT2D eigenvalue weighted by Crippen LogP contribution is 2.18. The zero-order chi connectivity index (χ0) is 13.1. The Morgan fingerprint density at radius 2 is 1.94 bits per heavy atom. The van der Waals surface area contributed by atoms with E-state index in [4.69, 9.17) is 0 Å². The van der Waals surface area contributed by atoms with E-state index in [1.165, 1.54) is 4.57 Å². The van der Waals surface area contributed by atoms with Gasteiger partial charge in [-0.3, -0.25) is 19.1 Å². The Morgan fingerprint density at radius 1 is 1.28 bits per heavy atom. The van der Waals surface area contributed by atoms with Gasteiger partial charge in [-0.05, 0) is 6.42 Å². The number of aromatic nitrogens is 2. The standard InChI is InChI=1S/C12H17N3O3/c1-2-5-15-10(8-16)11(13-12(15)18)14-6-3-9(17)4-7-14/h8H,2-7H2,1H3,(H,13,18). The van der Waals surface area contributed by atoms with Crippen LogP contribution in [0.25, 0.3) is 0 Å². The van der Waals surface area contributed by atoms with E-state index in [1.807, 2.05) is 11.8 Å². The summed E-state index contributed by atoms with van der Waals surface area (Å²) in [7, 11) is 0. The number of piperidine rings is 1. The average molecular weight is 251 g/mol. The maximum Gasteiger partial charge on any atom is 0.327 e. The molecule has 6 nitrogen and oxygen atoms in total. The van der Waals surface area contributed by atoms with Crippen LogP contribution < -0.4 is 10.6 Å². The Balaban J connectivity index is 2.33. The van der Waals surface area contributed by atoms with Gasteiger partial charge < -0.3 is 4.90 Å². The van der Waals surface area contributed by atoms with Crippen LogP contribution in [0.4, 0.5) is 5.82 Å². The van der Waals surface area contributed by atoms with Crippen LogP contribution in [-0.4, -0.2) is 34.7 Å². The van der Waals surface area contributed by atoms with E-state index in [-0.39, 0.29) is 11.5 Å². The van der Waals surface area contributed by atoms with Gasteiger partial charge in [0.25, 0.3) is 0 Å². The van der Waals surface area contributed by atoms with Gasteiger partial charge in [-0.25, -0.2) is 4.79 Å². The van der Waals surface area contributed by atoms with E-state index in [0.717, 1.165) is 6.42 Å². The number of carbonyl (C=O) groups is 2. The Morgan fingerprint density at radius 3 is 2.50 bits per heavy atom. The van der Waals surface area contributed by atoms with Crippen LogP contribution in [0.15, 0.2) is 4.79 Å². The van der Waals surface area contributed by atoms with Crippen LogP contribution in [-0.2, 0) is 11.3 Å². The molecule has 0 bridgehead atoms. The maximum absolute atomic E-state index is 11.8. The second-order valence-corrected chi connectivity index (χ2v) is 4.46. The molecule has 0 atom stereocenters. The van der Waals surface area contributed by atoms with Crippen LogP contribution >= 0.6 is 0 Å². The summed E-state index contributed by atoms with van der Waals surface area (Å²) in [6.45, 7) is 3.60. The number of imidazole rings is 1. The second kappa shape index (κ2) is 5.20. The lowest BCUT2D eigenvalue weighted by molar-refractivity contribution is -0.119. The van der Waals surface area contributed by atoms with E-state index in [0.29, 0.717) is 50.3 Å². The van der Waals surface area contributed by atoms with Crippen LogP contribution in [0.1, 0.15) is 36.7 Å². The quantitative estimate of drug-likeness (QED) is 0.794. The summed E-state index contributed by atoms with van der Waals surface area (Å²) in [6.07, 6.45) is 2.44. The monoisotopic (exact) mass is 251 g/mol. The molecule has 1 aromatic heterocycles. The molecular weight excluding hydrogens is 234 g/mol. The molecule has 2 heterocycles. The molecule has 6 heteroatoms. The van der Waals surface area contributed by atoms with Gasteiger partial charge in [0, 0.05) is 32.5 Å². The molecule has 1 aliphatic heterocycles. The fourth-order valence-corrected chi connectivity index (χ4v) is 2.26. The van der Waals surface area contributed by atoms with E-state index in [9.17, 15) is 14.4 Å². The van der Waals surface area contributed by atoms with Crippen molar-refractivity contribution in [2.45, 2.75) is 32.7 Å². The molecule has 0 unspecified atom stereocenters. The molecule has 0 radical (unpaired) electrons. The third kappa shape index (κ3) is 2.23. The highest BCUT2D eigenvalue weighted by Gasteiger charge is 2.22. The molecule has 1 aromatic rings. The van der Waals surface area contributed by atoms with Crippen molar-refractivity contribution in [3.63, 3.8) is 0 Å². The van der Waals surface area contributed by atoms with Crippen molar-refractivity contribution in [2.24, 2.45) is 0 Å².